The Bertz CT molecular complexity index is 572. The number of benzene rings is 1. The number of aliphatic carboxylic acids is 1. The SMILES string of the molecule is CC(C)(NC(=O)[C@H]1C[C@H]1c1cccc(F)c1F)C(=O)O. The smallest absolute Gasteiger partial charge is 0.328 e. The van der Waals surface area contributed by atoms with Gasteiger partial charge in [-0.25, -0.2) is 13.6 Å². The molecule has 2 rings (SSSR count). The van der Waals surface area contributed by atoms with Crippen LogP contribution in [0.3, 0.4) is 0 Å². The van der Waals surface area contributed by atoms with Crippen molar-refractivity contribution in [3.05, 3.63) is 35.4 Å². The highest BCUT2D eigenvalue weighted by atomic mass is 19.2. The molecule has 1 saturated carbocycles. The summed E-state index contributed by atoms with van der Waals surface area (Å²) in [6, 6.07) is 3.85. The standard InChI is InChI=1S/C14H15F2NO3/c1-14(2,13(19)20)17-12(18)9-6-8(9)7-4-3-5-10(15)11(7)16/h3-5,8-9H,6H2,1-2H3,(H,17,18)(H,19,20)/t8-,9-/m0/s1. The van der Waals surface area contributed by atoms with Crippen molar-refractivity contribution in [2.24, 2.45) is 5.92 Å². The minimum atomic E-state index is -1.38. The molecule has 108 valence electrons. The van der Waals surface area contributed by atoms with Crippen molar-refractivity contribution in [1.82, 2.24) is 5.32 Å². The van der Waals surface area contributed by atoms with Gasteiger partial charge in [0.25, 0.3) is 0 Å². The number of hydrogen-bond acceptors (Lipinski definition) is 2. The maximum absolute atomic E-state index is 13.6. The van der Waals surface area contributed by atoms with Crippen molar-refractivity contribution in [2.75, 3.05) is 0 Å². The highest BCUT2D eigenvalue weighted by molar-refractivity contribution is 5.89. The zero-order valence-corrected chi connectivity index (χ0v) is 11.1. The van der Waals surface area contributed by atoms with Crippen LogP contribution in [0.15, 0.2) is 18.2 Å². The lowest BCUT2D eigenvalue weighted by atomic mass is 10.0. The molecule has 0 saturated heterocycles. The Morgan fingerprint density at radius 1 is 1.35 bits per heavy atom. The lowest BCUT2D eigenvalue weighted by molar-refractivity contribution is -0.146. The molecule has 0 aliphatic heterocycles. The molecule has 0 bridgehead atoms. The monoisotopic (exact) mass is 283 g/mol. The van der Waals surface area contributed by atoms with Crippen LogP contribution in [0.1, 0.15) is 31.7 Å². The van der Waals surface area contributed by atoms with Gasteiger partial charge in [0.1, 0.15) is 5.54 Å². The van der Waals surface area contributed by atoms with Crippen LogP contribution in [0, 0.1) is 17.6 Å². The van der Waals surface area contributed by atoms with E-state index in [1.807, 2.05) is 0 Å². The van der Waals surface area contributed by atoms with Gasteiger partial charge in [-0.3, -0.25) is 4.79 Å². The highest BCUT2D eigenvalue weighted by Crippen LogP contribution is 2.48. The number of rotatable bonds is 4. The highest BCUT2D eigenvalue weighted by Gasteiger charge is 2.47. The lowest BCUT2D eigenvalue weighted by Crippen LogP contribution is -2.50. The summed E-state index contributed by atoms with van der Waals surface area (Å²) in [7, 11) is 0. The molecule has 1 fully saturated rings. The second kappa shape index (κ2) is 4.85. The Balaban J connectivity index is 2.07. The summed E-state index contributed by atoms with van der Waals surface area (Å²) < 4.78 is 26.7. The van der Waals surface area contributed by atoms with Gasteiger partial charge in [-0.2, -0.15) is 0 Å². The van der Waals surface area contributed by atoms with Crippen molar-refractivity contribution in [1.29, 1.82) is 0 Å². The van der Waals surface area contributed by atoms with Crippen molar-refractivity contribution in [3.8, 4) is 0 Å². The van der Waals surface area contributed by atoms with E-state index in [4.69, 9.17) is 5.11 Å². The molecule has 0 unspecified atom stereocenters. The predicted molar refractivity (Wildman–Crippen MR) is 67.1 cm³/mol. The third kappa shape index (κ3) is 2.64. The van der Waals surface area contributed by atoms with Crippen molar-refractivity contribution < 1.29 is 23.5 Å². The van der Waals surface area contributed by atoms with Gasteiger partial charge >= 0.3 is 5.97 Å². The van der Waals surface area contributed by atoms with E-state index in [0.717, 1.165) is 6.07 Å². The molecule has 1 aliphatic carbocycles. The first kappa shape index (κ1) is 14.4. The summed E-state index contributed by atoms with van der Waals surface area (Å²) in [6.45, 7) is 2.74. The summed E-state index contributed by atoms with van der Waals surface area (Å²) in [5, 5.41) is 11.3. The average molecular weight is 283 g/mol. The molecule has 1 aromatic rings. The largest absolute Gasteiger partial charge is 0.480 e. The summed E-state index contributed by atoms with van der Waals surface area (Å²) in [5.41, 5.74) is -1.22. The molecule has 4 nitrogen and oxygen atoms in total. The third-order valence-corrected chi connectivity index (χ3v) is 3.48. The van der Waals surface area contributed by atoms with Crippen molar-refractivity contribution in [3.63, 3.8) is 0 Å². The predicted octanol–water partition coefficient (Wildman–Crippen LogP) is 2.05. The Morgan fingerprint density at radius 2 is 2.00 bits per heavy atom. The van der Waals surface area contributed by atoms with Crippen LogP contribution in [-0.4, -0.2) is 22.5 Å². The fraction of sp³-hybridized carbons (Fsp3) is 0.429. The molecule has 1 amide bonds. The number of hydrogen-bond donors (Lipinski definition) is 2. The van der Waals surface area contributed by atoms with Gasteiger partial charge in [0, 0.05) is 5.92 Å². The molecule has 0 spiro atoms. The summed E-state index contributed by atoms with van der Waals surface area (Å²) in [4.78, 5) is 22.8. The van der Waals surface area contributed by atoms with Crippen LogP contribution in [0.2, 0.25) is 0 Å². The number of nitrogens with one attached hydrogen (secondary N) is 1. The summed E-state index contributed by atoms with van der Waals surface area (Å²) >= 11 is 0. The van der Waals surface area contributed by atoms with E-state index in [9.17, 15) is 18.4 Å². The minimum absolute atomic E-state index is 0.165. The summed E-state index contributed by atoms with van der Waals surface area (Å²) in [5.74, 6) is -4.39. The molecule has 1 aliphatic rings. The van der Waals surface area contributed by atoms with Gasteiger partial charge in [0.15, 0.2) is 11.6 Å². The molecule has 2 atom stereocenters. The molecule has 0 radical (unpaired) electrons. The lowest BCUT2D eigenvalue weighted by Gasteiger charge is -2.21. The fourth-order valence-electron chi connectivity index (χ4n) is 2.09. The number of amides is 1. The van der Waals surface area contributed by atoms with E-state index in [1.54, 1.807) is 0 Å². The van der Waals surface area contributed by atoms with Crippen LogP contribution < -0.4 is 5.32 Å². The quantitative estimate of drug-likeness (QED) is 0.888. The Kier molecular flexibility index (Phi) is 3.50. The van der Waals surface area contributed by atoms with Gasteiger partial charge in [0.2, 0.25) is 5.91 Å². The van der Waals surface area contributed by atoms with Crippen molar-refractivity contribution in [2.45, 2.75) is 31.7 Å². The first-order valence-electron chi connectivity index (χ1n) is 6.23. The first-order chi connectivity index (χ1) is 9.24. The van der Waals surface area contributed by atoms with Crippen LogP contribution in [0.5, 0.6) is 0 Å². The van der Waals surface area contributed by atoms with E-state index < -0.39 is 40.9 Å². The molecule has 6 heteroatoms. The van der Waals surface area contributed by atoms with Crippen LogP contribution in [-0.2, 0) is 9.59 Å². The van der Waals surface area contributed by atoms with E-state index in [0.29, 0.717) is 6.42 Å². The number of carboxylic acids is 1. The van der Waals surface area contributed by atoms with E-state index in [1.165, 1.54) is 26.0 Å². The number of halogens is 2. The maximum Gasteiger partial charge on any atom is 0.328 e. The molecule has 20 heavy (non-hydrogen) atoms. The topological polar surface area (TPSA) is 66.4 Å². The zero-order valence-electron chi connectivity index (χ0n) is 11.1. The zero-order chi connectivity index (χ0) is 15.1. The molecule has 2 N–H and O–H groups in total. The number of carboxylic acid groups (broad SMARTS) is 1. The van der Waals surface area contributed by atoms with Gasteiger partial charge in [-0.05, 0) is 37.8 Å². The Hall–Kier alpha value is -1.98. The fourth-order valence-corrected chi connectivity index (χ4v) is 2.09. The van der Waals surface area contributed by atoms with Gasteiger partial charge < -0.3 is 10.4 Å². The number of carbonyl (C=O) groups is 2. The van der Waals surface area contributed by atoms with Gasteiger partial charge in [0.05, 0.1) is 0 Å². The van der Waals surface area contributed by atoms with E-state index in [2.05, 4.69) is 5.32 Å². The molecule has 0 heterocycles. The van der Waals surface area contributed by atoms with E-state index in [-0.39, 0.29) is 5.56 Å². The van der Waals surface area contributed by atoms with Gasteiger partial charge in [-0.15, -0.1) is 0 Å². The maximum atomic E-state index is 13.6. The normalized spacial score (nSPS) is 21.4. The molecule has 1 aromatic carbocycles. The van der Waals surface area contributed by atoms with Crippen LogP contribution in [0.25, 0.3) is 0 Å². The second-order valence-electron chi connectivity index (χ2n) is 5.51. The Labute approximate surface area is 114 Å². The number of carbonyl (C=O) groups excluding carboxylic acids is 1. The Morgan fingerprint density at radius 3 is 2.60 bits per heavy atom. The van der Waals surface area contributed by atoms with Crippen LogP contribution >= 0.6 is 0 Å². The molecular weight excluding hydrogens is 268 g/mol. The average Bonchev–Trinajstić information content (AvgIpc) is 3.12. The minimum Gasteiger partial charge on any atom is -0.480 e. The molecular formula is C14H15F2NO3. The van der Waals surface area contributed by atoms with Crippen molar-refractivity contribution >= 4 is 11.9 Å². The van der Waals surface area contributed by atoms with Crippen LogP contribution in [0.4, 0.5) is 8.78 Å². The first-order valence-corrected chi connectivity index (χ1v) is 6.23. The summed E-state index contributed by atoms with van der Waals surface area (Å²) in [6.07, 6.45) is 0.391. The second-order valence-corrected chi connectivity index (χ2v) is 5.51. The molecule has 0 aromatic heterocycles. The third-order valence-electron chi connectivity index (χ3n) is 3.48. The van der Waals surface area contributed by atoms with Gasteiger partial charge in [-0.1, -0.05) is 12.1 Å². The van der Waals surface area contributed by atoms with E-state index >= 15 is 0 Å².